The molecule has 20 heavy (non-hydrogen) atoms. The van der Waals surface area contributed by atoms with Crippen molar-refractivity contribution in [2.75, 3.05) is 34.3 Å². The van der Waals surface area contributed by atoms with Crippen LogP contribution in [0.4, 0.5) is 0 Å². The molecular weight excluding hydrogens is 252 g/mol. The molecule has 4 heteroatoms. The second-order valence-electron chi connectivity index (χ2n) is 5.21. The van der Waals surface area contributed by atoms with Gasteiger partial charge >= 0.3 is 0 Å². The first kappa shape index (κ1) is 16.5. The summed E-state index contributed by atoms with van der Waals surface area (Å²) >= 11 is 0. The van der Waals surface area contributed by atoms with Crippen LogP contribution in [0, 0.1) is 0 Å². The van der Waals surface area contributed by atoms with Crippen molar-refractivity contribution in [3.8, 4) is 5.75 Å². The molecule has 0 fully saturated rings. The van der Waals surface area contributed by atoms with E-state index in [9.17, 15) is 4.79 Å². The van der Waals surface area contributed by atoms with Crippen LogP contribution in [-0.4, -0.2) is 45.1 Å². The number of rotatable bonds is 9. The number of aryl methyl sites for hydroxylation is 1. The number of nitrogens with one attached hydrogen (secondary N) is 1. The van der Waals surface area contributed by atoms with E-state index in [0.717, 1.165) is 38.1 Å². The highest BCUT2D eigenvalue weighted by atomic mass is 16.5. The van der Waals surface area contributed by atoms with E-state index in [-0.39, 0.29) is 5.91 Å². The van der Waals surface area contributed by atoms with Gasteiger partial charge in [-0.05, 0) is 51.1 Å². The summed E-state index contributed by atoms with van der Waals surface area (Å²) in [7, 11) is 5.67. The maximum absolute atomic E-state index is 11.6. The molecule has 1 amide bonds. The molecule has 0 aliphatic carbocycles. The molecule has 0 spiro atoms. The quantitative estimate of drug-likeness (QED) is 0.703. The molecule has 0 saturated carbocycles. The molecule has 0 heterocycles. The molecule has 0 aliphatic heterocycles. The van der Waals surface area contributed by atoms with Gasteiger partial charge in [0.05, 0.1) is 7.11 Å². The van der Waals surface area contributed by atoms with E-state index < -0.39 is 0 Å². The van der Waals surface area contributed by atoms with Crippen molar-refractivity contribution in [2.45, 2.75) is 25.7 Å². The number of likely N-dealkylation sites (N-methyl/N-ethyl adjacent to an activating group) is 1. The Kier molecular flexibility index (Phi) is 7.73. The molecular formula is C16H26N2O2. The zero-order valence-corrected chi connectivity index (χ0v) is 12.8. The second kappa shape index (κ2) is 9.37. The van der Waals surface area contributed by atoms with E-state index >= 15 is 0 Å². The molecule has 0 aliphatic rings. The Labute approximate surface area is 122 Å². The molecule has 1 N–H and O–H groups in total. The number of amides is 1. The minimum Gasteiger partial charge on any atom is -0.497 e. The van der Waals surface area contributed by atoms with Crippen molar-refractivity contribution >= 4 is 5.91 Å². The zero-order chi connectivity index (χ0) is 14.8. The number of benzene rings is 1. The van der Waals surface area contributed by atoms with Gasteiger partial charge in [0, 0.05) is 19.5 Å². The van der Waals surface area contributed by atoms with Crippen LogP contribution in [0.2, 0.25) is 0 Å². The average Bonchev–Trinajstić information content (AvgIpc) is 2.44. The first-order valence-electron chi connectivity index (χ1n) is 7.16. The van der Waals surface area contributed by atoms with Gasteiger partial charge in [-0.2, -0.15) is 0 Å². The number of methoxy groups -OCH3 is 1. The van der Waals surface area contributed by atoms with Crippen molar-refractivity contribution in [1.29, 1.82) is 0 Å². The third-order valence-corrected chi connectivity index (χ3v) is 3.16. The van der Waals surface area contributed by atoms with Gasteiger partial charge in [0.2, 0.25) is 5.91 Å². The summed E-state index contributed by atoms with van der Waals surface area (Å²) in [6.07, 6.45) is 3.59. The highest BCUT2D eigenvalue weighted by molar-refractivity contribution is 5.75. The Morgan fingerprint density at radius 2 is 1.90 bits per heavy atom. The second-order valence-corrected chi connectivity index (χ2v) is 5.21. The van der Waals surface area contributed by atoms with Crippen LogP contribution in [0.25, 0.3) is 0 Å². The first-order valence-corrected chi connectivity index (χ1v) is 7.16. The van der Waals surface area contributed by atoms with Gasteiger partial charge in [-0.15, -0.1) is 0 Å². The van der Waals surface area contributed by atoms with Crippen LogP contribution in [0.15, 0.2) is 24.3 Å². The van der Waals surface area contributed by atoms with Crippen molar-refractivity contribution in [1.82, 2.24) is 10.2 Å². The number of carbonyl (C=O) groups is 1. The van der Waals surface area contributed by atoms with Crippen molar-refractivity contribution in [3.05, 3.63) is 29.8 Å². The molecule has 1 aromatic rings. The molecule has 1 rings (SSSR count). The summed E-state index contributed by atoms with van der Waals surface area (Å²) < 4.78 is 5.12. The highest BCUT2D eigenvalue weighted by Crippen LogP contribution is 2.13. The van der Waals surface area contributed by atoms with Gasteiger partial charge in [-0.1, -0.05) is 12.1 Å². The number of hydrogen-bond donors (Lipinski definition) is 1. The first-order chi connectivity index (χ1) is 9.61. The van der Waals surface area contributed by atoms with Crippen molar-refractivity contribution in [3.63, 3.8) is 0 Å². The smallest absolute Gasteiger partial charge is 0.220 e. The van der Waals surface area contributed by atoms with Gasteiger partial charge in [0.15, 0.2) is 0 Å². The van der Waals surface area contributed by atoms with Crippen LogP contribution in [-0.2, 0) is 11.2 Å². The Morgan fingerprint density at radius 3 is 2.50 bits per heavy atom. The van der Waals surface area contributed by atoms with Gasteiger partial charge in [0.1, 0.15) is 5.75 Å². The number of ether oxygens (including phenoxy) is 1. The standard InChI is InChI=1S/C16H26N2O2/c1-18(2)13-12-17-16(19)7-5-4-6-14-8-10-15(20-3)11-9-14/h8-11H,4-7,12-13H2,1-3H3,(H,17,19). The van der Waals surface area contributed by atoms with Crippen molar-refractivity contribution < 1.29 is 9.53 Å². The lowest BCUT2D eigenvalue weighted by Gasteiger charge is -2.10. The highest BCUT2D eigenvalue weighted by Gasteiger charge is 2.01. The Morgan fingerprint density at radius 1 is 1.20 bits per heavy atom. The van der Waals surface area contributed by atoms with E-state index in [0.29, 0.717) is 6.42 Å². The molecule has 0 saturated heterocycles. The van der Waals surface area contributed by atoms with Gasteiger partial charge in [0.25, 0.3) is 0 Å². The summed E-state index contributed by atoms with van der Waals surface area (Å²) in [4.78, 5) is 13.6. The van der Waals surface area contributed by atoms with Crippen molar-refractivity contribution in [2.24, 2.45) is 0 Å². The third kappa shape index (κ3) is 7.14. The maximum atomic E-state index is 11.6. The minimum atomic E-state index is 0.154. The van der Waals surface area contributed by atoms with Gasteiger partial charge in [-0.3, -0.25) is 4.79 Å². The summed E-state index contributed by atoms with van der Waals surface area (Å²) in [5.74, 6) is 1.04. The van der Waals surface area contributed by atoms with Crippen LogP contribution < -0.4 is 10.1 Å². The summed E-state index contributed by atoms with van der Waals surface area (Å²) in [5, 5.41) is 2.93. The molecule has 112 valence electrons. The van der Waals surface area contributed by atoms with Crippen LogP contribution in [0.1, 0.15) is 24.8 Å². The van der Waals surface area contributed by atoms with Crippen LogP contribution >= 0.6 is 0 Å². The van der Waals surface area contributed by atoms with E-state index in [2.05, 4.69) is 22.3 Å². The fourth-order valence-corrected chi connectivity index (χ4v) is 1.91. The normalized spacial score (nSPS) is 10.6. The molecule has 0 aromatic heterocycles. The van der Waals surface area contributed by atoms with E-state index in [1.54, 1.807) is 7.11 Å². The molecule has 0 atom stereocenters. The minimum absolute atomic E-state index is 0.154. The van der Waals surface area contributed by atoms with E-state index in [1.807, 2.05) is 26.2 Å². The fourth-order valence-electron chi connectivity index (χ4n) is 1.91. The van der Waals surface area contributed by atoms with Gasteiger partial charge in [-0.25, -0.2) is 0 Å². The molecule has 0 bridgehead atoms. The number of carbonyl (C=O) groups excluding carboxylic acids is 1. The Hall–Kier alpha value is -1.55. The van der Waals surface area contributed by atoms with Gasteiger partial charge < -0.3 is 15.0 Å². The largest absolute Gasteiger partial charge is 0.497 e. The Balaban J connectivity index is 2.10. The van der Waals surface area contributed by atoms with Crippen LogP contribution in [0.5, 0.6) is 5.75 Å². The topological polar surface area (TPSA) is 41.6 Å². The fraction of sp³-hybridized carbons (Fsp3) is 0.562. The molecule has 4 nitrogen and oxygen atoms in total. The number of nitrogens with zero attached hydrogens (tertiary/aromatic N) is 1. The molecule has 0 unspecified atom stereocenters. The summed E-state index contributed by atoms with van der Waals surface area (Å²) in [6.45, 7) is 1.61. The predicted molar refractivity (Wildman–Crippen MR) is 82.1 cm³/mol. The van der Waals surface area contributed by atoms with E-state index in [1.165, 1.54) is 5.56 Å². The maximum Gasteiger partial charge on any atom is 0.220 e. The zero-order valence-electron chi connectivity index (χ0n) is 12.8. The monoisotopic (exact) mass is 278 g/mol. The van der Waals surface area contributed by atoms with Crippen LogP contribution in [0.3, 0.4) is 0 Å². The lowest BCUT2D eigenvalue weighted by atomic mass is 10.1. The molecule has 0 radical (unpaired) electrons. The molecule has 1 aromatic carbocycles. The average molecular weight is 278 g/mol. The summed E-state index contributed by atoms with van der Waals surface area (Å²) in [5.41, 5.74) is 1.29. The lowest BCUT2D eigenvalue weighted by Crippen LogP contribution is -2.31. The van der Waals surface area contributed by atoms with E-state index in [4.69, 9.17) is 4.74 Å². The number of hydrogen-bond acceptors (Lipinski definition) is 3. The third-order valence-electron chi connectivity index (χ3n) is 3.16. The Bertz CT molecular complexity index is 388. The predicted octanol–water partition coefficient (Wildman–Crippen LogP) is 2.09. The summed E-state index contributed by atoms with van der Waals surface area (Å²) in [6, 6.07) is 8.11. The number of unbranched alkanes of at least 4 members (excludes halogenated alkanes) is 1. The SMILES string of the molecule is COc1ccc(CCCCC(=O)NCCN(C)C)cc1. The lowest BCUT2D eigenvalue weighted by molar-refractivity contribution is -0.121.